The van der Waals surface area contributed by atoms with Crippen molar-refractivity contribution in [3.8, 4) is 0 Å². The molecule has 0 aliphatic carbocycles. The highest BCUT2D eigenvalue weighted by atomic mass is 32.2. The zero-order valence-corrected chi connectivity index (χ0v) is 18.2. The molecule has 156 valence electrons. The highest BCUT2D eigenvalue weighted by molar-refractivity contribution is 7.98. The Morgan fingerprint density at radius 3 is 2.97 bits per heavy atom. The van der Waals surface area contributed by atoms with E-state index in [2.05, 4.69) is 56.0 Å². The molecule has 3 aliphatic heterocycles. The summed E-state index contributed by atoms with van der Waals surface area (Å²) in [6.07, 6.45) is 5.90. The monoisotopic (exact) mass is 440 g/mol. The summed E-state index contributed by atoms with van der Waals surface area (Å²) in [5, 5.41) is 14.3. The zero-order valence-electron chi connectivity index (χ0n) is 16.6. The molecule has 5 heterocycles. The van der Waals surface area contributed by atoms with Crippen LogP contribution < -0.4 is 5.32 Å². The van der Waals surface area contributed by atoms with Gasteiger partial charge in [0.2, 0.25) is 5.91 Å². The third-order valence-corrected chi connectivity index (χ3v) is 7.73. The lowest BCUT2D eigenvalue weighted by molar-refractivity contribution is -0.127. The number of nitrogens with zero attached hydrogens (tertiary/aromatic N) is 5. The number of carbonyl (C=O) groups is 1. The number of anilines is 1. The SMILES string of the molecule is O=C(Nc1nccs1)[C@H]1CN2CCC1C[C@@H]2Cn1cc(CSc2ccccc2)nn1. The van der Waals surface area contributed by atoms with Gasteiger partial charge in [-0.2, -0.15) is 0 Å². The Labute approximate surface area is 183 Å². The Bertz CT molecular complexity index is 977. The summed E-state index contributed by atoms with van der Waals surface area (Å²) in [7, 11) is 0. The fourth-order valence-corrected chi connectivity index (χ4v) is 5.82. The van der Waals surface area contributed by atoms with Crippen LogP contribution in [0.1, 0.15) is 18.5 Å². The van der Waals surface area contributed by atoms with Gasteiger partial charge in [-0.15, -0.1) is 28.2 Å². The molecule has 6 rings (SSSR count). The molecule has 2 unspecified atom stereocenters. The van der Waals surface area contributed by atoms with Crippen LogP contribution in [0.2, 0.25) is 0 Å². The van der Waals surface area contributed by atoms with E-state index in [9.17, 15) is 4.79 Å². The van der Waals surface area contributed by atoms with Crippen molar-refractivity contribution in [1.82, 2.24) is 24.9 Å². The minimum absolute atomic E-state index is 0.0486. The lowest BCUT2D eigenvalue weighted by atomic mass is 9.75. The predicted molar refractivity (Wildman–Crippen MR) is 118 cm³/mol. The number of hydrogen-bond donors (Lipinski definition) is 1. The summed E-state index contributed by atoms with van der Waals surface area (Å²) < 4.78 is 1.97. The Kier molecular flexibility index (Phi) is 5.83. The molecule has 3 aromatic rings. The van der Waals surface area contributed by atoms with E-state index in [1.54, 1.807) is 18.0 Å². The minimum atomic E-state index is 0.0486. The molecule has 2 aromatic heterocycles. The van der Waals surface area contributed by atoms with Crippen molar-refractivity contribution in [1.29, 1.82) is 0 Å². The van der Waals surface area contributed by atoms with Crippen LogP contribution >= 0.6 is 23.1 Å². The van der Waals surface area contributed by atoms with Gasteiger partial charge >= 0.3 is 0 Å². The first kappa shape index (κ1) is 19.7. The zero-order chi connectivity index (χ0) is 20.3. The van der Waals surface area contributed by atoms with Gasteiger partial charge in [0, 0.05) is 41.0 Å². The smallest absolute Gasteiger partial charge is 0.230 e. The normalized spacial score (nSPS) is 25.3. The molecule has 0 saturated carbocycles. The van der Waals surface area contributed by atoms with Crippen molar-refractivity contribution >= 4 is 34.1 Å². The Morgan fingerprint density at radius 2 is 2.20 bits per heavy atom. The molecule has 4 atom stereocenters. The lowest BCUT2D eigenvalue weighted by Gasteiger charge is -2.49. The van der Waals surface area contributed by atoms with E-state index in [4.69, 9.17) is 0 Å². The number of aromatic nitrogens is 4. The van der Waals surface area contributed by atoms with E-state index < -0.39 is 0 Å². The molecule has 3 saturated heterocycles. The maximum Gasteiger partial charge on any atom is 0.230 e. The van der Waals surface area contributed by atoms with Gasteiger partial charge in [0.05, 0.1) is 18.2 Å². The van der Waals surface area contributed by atoms with Crippen LogP contribution in [0.4, 0.5) is 5.13 Å². The first-order valence-electron chi connectivity index (χ1n) is 10.3. The minimum Gasteiger partial charge on any atom is -0.302 e. The summed E-state index contributed by atoms with van der Waals surface area (Å²) in [6.45, 7) is 2.71. The van der Waals surface area contributed by atoms with Gasteiger partial charge in [0.15, 0.2) is 5.13 Å². The first-order valence-corrected chi connectivity index (χ1v) is 12.1. The topological polar surface area (TPSA) is 75.9 Å². The molecule has 1 N–H and O–H groups in total. The highest BCUT2D eigenvalue weighted by Crippen LogP contribution is 2.37. The number of benzene rings is 1. The number of thioether (sulfide) groups is 1. The van der Waals surface area contributed by atoms with Crippen molar-refractivity contribution in [2.75, 3.05) is 18.4 Å². The number of thiazole rings is 1. The third kappa shape index (κ3) is 4.43. The second kappa shape index (κ2) is 8.87. The number of piperidine rings is 3. The van der Waals surface area contributed by atoms with Crippen molar-refractivity contribution < 1.29 is 4.79 Å². The van der Waals surface area contributed by atoms with Gasteiger partial charge in [-0.1, -0.05) is 23.4 Å². The summed E-state index contributed by atoms with van der Waals surface area (Å²) in [6, 6.07) is 10.8. The molecule has 3 aliphatic rings. The third-order valence-electron chi connectivity index (χ3n) is 5.99. The molecule has 3 fully saturated rings. The Hall–Kier alpha value is -2.23. The maximum absolute atomic E-state index is 12.7. The van der Waals surface area contributed by atoms with Gasteiger partial charge in [0.1, 0.15) is 0 Å². The standard InChI is InChI=1S/C21H24N6OS2/c28-20(23-21-22-7-9-29-21)19-13-26-8-6-15(19)10-17(26)12-27-11-16(24-25-27)14-30-18-4-2-1-3-5-18/h1-5,7,9,11,15,17,19H,6,8,10,12-14H2,(H,22,23,28)/t15?,17-,19+/m1/s1. The van der Waals surface area contributed by atoms with E-state index in [1.807, 2.05) is 16.1 Å². The molecule has 0 radical (unpaired) electrons. The molecular weight excluding hydrogens is 416 g/mol. The quantitative estimate of drug-likeness (QED) is 0.568. The van der Waals surface area contributed by atoms with Crippen LogP contribution in [0.15, 0.2) is 53.0 Å². The first-order chi connectivity index (χ1) is 14.7. The van der Waals surface area contributed by atoms with Gasteiger partial charge < -0.3 is 5.32 Å². The van der Waals surface area contributed by atoms with Crippen molar-refractivity contribution in [2.24, 2.45) is 11.8 Å². The summed E-state index contributed by atoms with van der Waals surface area (Å²) in [4.78, 5) is 20.6. The summed E-state index contributed by atoms with van der Waals surface area (Å²) >= 11 is 3.24. The van der Waals surface area contributed by atoms with E-state index in [0.29, 0.717) is 17.1 Å². The van der Waals surface area contributed by atoms with E-state index >= 15 is 0 Å². The van der Waals surface area contributed by atoms with Crippen molar-refractivity contribution in [2.45, 2.75) is 36.1 Å². The van der Waals surface area contributed by atoms with E-state index in [1.165, 1.54) is 16.2 Å². The fraction of sp³-hybridized carbons (Fsp3) is 0.429. The molecule has 2 bridgehead atoms. The molecule has 1 amide bonds. The second-order valence-corrected chi connectivity index (χ2v) is 9.84. The van der Waals surface area contributed by atoms with Crippen LogP contribution in [-0.2, 0) is 17.1 Å². The van der Waals surface area contributed by atoms with Gasteiger partial charge in [0.25, 0.3) is 0 Å². The average Bonchev–Trinajstić information content (AvgIpc) is 3.45. The van der Waals surface area contributed by atoms with Gasteiger partial charge in [-0.3, -0.25) is 14.4 Å². The van der Waals surface area contributed by atoms with Gasteiger partial charge in [-0.25, -0.2) is 4.98 Å². The second-order valence-electron chi connectivity index (χ2n) is 7.90. The van der Waals surface area contributed by atoms with Crippen LogP contribution in [-0.4, -0.2) is 49.9 Å². The average molecular weight is 441 g/mol. The molecular formula is C21H24N6OS2. The molecule has 30 heavy (non-hydrogen) atoms. The number of amides is 1. The van der Waals surface area contributed by atoms with Crippen LogP contribution in [0.25, 0.3) is 0 Å². The highest BCUT2D eigenvalue weighted by Gasteiger charge is 2.43. The van der Waals surface area contributed by atoms with E-state index in [-0.39, 0.29) is 11.8 Å². The number of fused-ring (bicyclic) bond motifs is 3. The summed E-state index contributed by atoms with van der Waals surface area (Å²) in [5.74, 6) is 1.41. The number of hydrogen-bond acceptors (Lipinski definition) is 7. The van der Waals surface area contributed by atoms with Crippen molar-refractivity contribution in [3.05, 3.63) is 53.8 Å². The van der Waals surface area contributed by atoms with Crippen LogP contribution in [0.3, 0.4) is 0 Å². The van der Waals surface area contributed by atoms with Crippen LogP contribution in [0, 0.1) is 11.8 Å². The number of rotatable bonds is 7. The summed E-state index contributed by atoms with van der Waals surface area (Å²) in [5.41, 5.74) is 1.00. The fourth-order valence-electron chi connectivity index (χ4n) is 4.49. The Balaban J connectivity index is 1.16. The molecule has 0 spiro atoms. The number of nitrogens with one attached hydrogen (secondary N) is 1. The van der Waals surface area contributed by atoms with Crippen LogP contribution in [0.5, 0.6) is 0 Å². The number of carbonyl (C=O) groups excluding carboxylic acids is 1. The van der Waals surface area contributed by atoms with Crippen molar-refractivity contribution in [3.63, 3.8) is 0 Å². The van der Waals surface area contributed by atoms with E-state index in [0.717, 1.165) is 43.9 Å². The lowest BCUT2D eigenvalue weighted by Crippen LogP contribution is -2.57. The molecule has 1 aromatic carbocycles. The molecule has 7 nitrogen and oxygen atoms in total. The largest absolute Gasteiger partial charge is 0.302 e. The molecule has 9 heteroatoms. The Morgan fingerprint density at radius 1 is 1.30 bits per heavy atom. The van der Waals surface area contributed by atoms with Gasteiger partial charge in [-0.05, 0) is 37.4 Å². The predicted octanol–water partition coefficient (Wildman–Crippen LogP) is 3.38. The maximum atomic E-state index is 12.7.